The maximum Gasteiger partial charge on any atom is 0.257 e. The summed E-state index contributed by atoms with van der Waals surface area (Å²) in [7, 11) is 1.68. The number of carbonyl (C=O) groups excluding carboxylic acids is 1. The van der Waals surface area contributed by atoms with E-state index in [0.717, 1.165) is 16.8 Å². The fourth-order valence-corrected chi connectivity index (χ4v) is 4.08. The number of amides is 1. The number of aromatic nitrogens is 2. The Bertz CT molecular complexity index is 1160. The summed E-state index contributed by atoms with van der Waals surface area (Å²) in [5.74, 6) is 0.0264. The van der Waals surface area contributed by atoms with Gasteiger partial charge in [0.1, 0.15) is 0 Å². The summed E-state index contributed by atoms with van der Waals surface area (Å²) in [6.07, 6.45) is 0.463. The summed E-state index contributed by atoms with van der Waals surface area (Å²) >= 11 is 7.30. The first kappa shape index (κ1) is 22.1. The van der Waals surface area contributed by atoms with Gasteiger partial charge in [0.25, 0.3) is 5.56 Å². The van der Waals surface area contributed by atoms with E-state index in [9.17, 15) is 9.59 Å². The third-order valence-corrected chi connectivity index (χ3v) is 6.21. The van der Waals surface area contributed by atoms with Crippen molar-refractivity contribution in [1.82, 2.24) is 9.55 Å². The summed E-state index contributed by atoms with van der Waals surface area (Å²) in [4.78, 5) is 29.8. The second kappa shape index (κ2) is 9.49. The highest BCUT2D eigenvalue weighted by molar-refractivity contribution is 7.99. The van der Waals surface area contributed by atoms with Gasteiger partial charge in [0.05, 0.1) is 5.75 Å². The van der Waals surface area contributed by atoms with Crippen LogP contribution in [0.5, 0.6) is 0 Å². The molecule has 0 saturated carbocycles. The van der Waals surface area contributed by atoms with Crippen molar-refractivity contribution in [3.05, 3.63) is 85.8 Å². The smallest absolute Gasteiger partial charge is 0.257 e. The lowest BCUT2D eigenvalue weighted by molar-refractivity contribution is -0.113. The molecule has 3 aromatic rings. The topological polar surface area (TPSA) is 64.0 Å². The molecule has 5 nitrogen and oxygen atoms in total. The minimum atomic E-state index is -0.141. The molecule has 0 aliphatic heterocycles. The van der Waals surface area contributed by atoms with E-state index in [2.05, 4.69) is 10.3 Å². The molecule has 30 heavy (non-hydrogen) atoms. The molecule has 0 atom stereocenters. The largest absolute Gasteiger partial charge is 0.325 e. The molecule has 1 N–H and O–H groups in total. The van der Waals surface area contributed by atoms with Crippen LogP contribution < -0.4 is 10.9 Å². The molecule has 156 valence electrons. The zero-order valence-electron chi connectivity index (χ0n) is 17.5. The molecule has 2 aromatic carbocycles. The number of anilines is 1. The maximum atomic E-state index is 12.9. The maximum absolute atomic E-state index is 12.9. The monoisotopic (exact) mass is 441 g/mol. The number of halogens is 1. The number of rotatable bonds is 6. The number of nitrogens with one attached hydrogen (secondary N) is 1. The molecule has 0 spiro atoms. The predicted molar refractivity (Wildman–Crippen MR) is 124 cm³/mol. The van der Waals surface area contributed by atoms with E-state index in [4.69, 9.17) is 11.6 Å². The first-order valence-electron chi connectivity index (χ1n) is 9.55. The van der Waals surface area contributed by atoms with Crippen LogP contribution in [0.15, 0.2) is 52.4 Å². The van der Waals surface area contributed by atoms with Gasteiger partial charge in [-0.3, -0.25) is 14.2 Å². The van der Waals surface area contributed by atoms with E-state index in [1.807, 2.05) is 57.2 Å². The Morgan fingerprint density at radius 2 is 1.90 bits per heavy atom. The lowest BCUT2D eigenvalue weighted by Crippen LogP contribution is -2.26. The van der Waals surface area contributed by atoms with Crippen LogP contribution in [0.25, 0.3) is 0 Å². The average molecular weight is 442 g/mol. The molecule has 0 fully saturated rings. The minimum Gasteiger partial charge on any atom is -0.325 e. The van der Waals surface area contributed by atoms with Crippen LogP contribution in [0, 0.1) is 20.8 Å². The van der Waals surface area contributed by atoms with Gasteiger partial charge < -0.3 is 5.32 Å². The Morgan fingerprint density at radius 3 is 2.60 bits per heavy atom. The van der Waals surface area contributed by atoms with Crippen LogP contribution in [-0.2, 0) is 18.3 Å². The first-order valence-corrected chi connectivity index (χ1v) is 10.9. The molecular weight excluding hydrogens is 418 g/mol. The highest BCUT2D eigenvalue weighted by Gasteiger charge is 2.14. The highest BCUT2D eigenvalue weighted by Crippen LogP contribution is 2.19. The zero-order valence-corrected chi connectivity index (χ0v) is 19.0. The van der Waals surface area contributed by atoms with Crippen molar-refractivity contribution in [3.8, 4) is 0 Å². The Balaban J connectivity index is 1.71. The van der Waals surface area contributed by atoms with Gasteiger partial charge in [-0.1, -0.05) is 41.6 Å². The van der Waals surface area contributed by atoms with E-state index in [0.29, 0.717) is 27.9 Å². The van der Waals surface area contributed by atoms with Crippen molar-refractivity contribution in [1.29, 1.82) is 0 Å². The van der Waals surface area contributed by atoms with Gasteiger partial charge in [0.15, 0.2) is 5.16 Å². The Kier molecular flexibility index (Phi) is 7.00. The van der Waals surface area contributed by atoms with Crippen LogP contribution in [0.3, 0.4) is 0 Å². The van der Waals surface area contributed by atoms with E-state index in [-0.39, 0.29) is 17.2 Å². The van der Waals surface area contributed by atoms with Crippen molar-refractivity contribution in [2.75, 3.05) is 11.1 Å². The SMILES string of the molecule is Cc1ccc(NC(=O)CSc2nc(C)c(Cc3cccc(Cl)c3)c(=O)n2C)cc1C. The summed E-state index contributed by atoms with van der Waals surface area (Å²) in [5.41, 5.74) is 5.19. The number of carbonyl (C=O) groups is 1. The average Bonchev–Trinajstić information content (AvgIpc) is 2.70. The number of hydrogen-bond donors (Lipinski definition) is 1. The number of benzene rings is 2. The molecule has 0 radical (unpaired) electrons. The number of nitrogens with zero attached hydrogens (tertiary/aromatic N) is 2. The van der Waals surface area contributed by atoms with E-state index in [1.165, 1.54) is 21.9 Å². The molecule has 7 heteroatoms. The van der Waals surface area contributed by atoms with E-state index in [1.54, 1.807) is 13.1 Å². The van der Waals surface area contributed by atoms with Gasteiger partial charge >= 0.3 is 0 Å². The quantitative estimate of drug-likeness (QED) is 0.445. The zero-order chi connectivity index (χ0) is 21.8. The van der Waals surface area contributed by atoms with Crippen LogP contribution in [0.4, 0.5) is 5.69 Å². The lowest BCUT2D eigenvalue weighted by Gasteiger charge is -2.12. The molecule has 0 aliphatic carbocycles. The Hall–Kier alpha value is -2.57. The van der Waals surface area contributed by atoms with Crippen LogP contribution in [-0.4, -0.2) is 21.2 Å². The molecule has 0 unspecified atom stereocenters. The molecule has 1 heterocycles. The van der Waals surface area contributed by atoms with Gasteiger partial charge in [-0.2, -0.15) is 0 Å². The highest BCUT2D eigenvalue weighted by atomic mass is 35.5. The van der Waals surface area contributed by atoms with E-state index >= 15 is 0 Å². The molecule has 1 amide bonds. The van der Waals surface area contributed by atoms with Crippen LogP contribution in [0.2, 0.25) is 5.02 Å². The van der Waals surface area contributed by atoms with Gasteiger partial charge in [0, 0.05) is 35.4 Å². The number of aryl methyl sites for hydroxylation is 3. The summed E-state index contributed by atoms with van der Waals surface area (Å²) < 4.78 is 1.50. The van der Waals surface area contributed by atoms with Gasteiger partial charge in [-0.15, -0.1) is 0 Å². The summed E-state index contributed by atoms with van der Waals surface area (Å²) in [5, 5.41) is 4.04. The Morgan fingerprint density at radius 1 is 1.13 bits per heavy atom. The second-order valence-corrected chi connectivity index (χ2v) is 8.64. The molecular formula is C23H24ClN3O2S. The van der Waals surface area contributed by atoms with Crippen molar-refractivity contribution >= 4 is 35.0 Å². The summed E-state index contributed by atoms with van der Waals surface area (Å²) in [6.45, 7) is 5.86. The first-order chi connectivity index (χ1) is 14.2. The predicted octanol–water partition coefficient (Wildman–Crippen LogP) is 4.68. The summed E-state index contributed by atoms with van der Waals surface area (Å²) in [6, 6.07) is 13.3. The third kappa shape index (κ3) is 5.32. The normalized spacial score (nSPS) is 10.8. The van der Waals surface area contributed by atoms with Gasteiger partial charge in [-0.25, -0.2) is 4.98 Å². The number of thioether (sulfide) groups is 1. The fourth-order valence-electron chi connectivity index (χ4n) is 3.06. The van der Waals surface area contributed by atoms with Crippen molar-refractivity contribution in [3.63, 3.8) is 0 Å². The molecule has 1 aromatic heterocycles. The van der Waals surface area contributed by atoms with Crippen LogP contribution in [0.1, 0.15) is 27.9 Å². The van der Waals surface area contributed by atoms with Crippen LogP contribution >= 0.6 is 23.4 Å². The third-order valence-electron chi connectivity index (χ3n) is 4.94. The molecule has 0 saturated heterocycles. The van der Waals surface area contributed by atoms with E-state index < -0.39 is 0 Å². The lowest BCUT2D eigenvalue weighted by atomic mass is 10.1. The number of hydrogen-bond acceptors (Lipinski definition) is 4. The van der Waals surface area contributed by atoms with Crippen molar-refractivity contribution in [2.24, 2.45) is 7.05 Å². The molecule has 3 rings (SSSR count). The Labute approximate surface area is 185 Å². The minimum absolute atomic E-state index is 0.112. The molecule has 0 bridgehead atoms. The van der Waals surface area contributed by atoms with Gasteiger partial charge in [0.2, 0.25) is 5.91 Å². The standard InChI is InChI=1S/C23H24ClN3O2S/c1-14-8-9-19(10-15(14)2)26-21(28)13-30-23-25-16(3)20(22(29)27(23)4)12-17-6-5-7-18(24)11-17/h5-11H,12-13H2,1-4H3,(H,26,28). The molecule has 0 aliphatic rings. The fraction of sp³-hybridized carbons (Fsp3) is 0.261. The van der Waals surface area contributed by atoms with Gasteiger partial charge in [-0.05, 0) is 61.7 Å². The van der Waals surface area contributed by atoms with Crippen molar-refractivity contribution < 1.29 is 4.79 Å². The second-order valence-electron chi connectivity index (χ2n) is 7.27. The van der Waals surface area contributed by atoms with Crippen molar-refractivity contribution in [2.45, 2.75) is 32.3 Å².